The van der Waals surface area contributed by atoms with E-state index in [1.54, 1.807) is 25.3 Å². The van der Waals surface area contributed by atoms with E-state index < -0.39 is 11.9 Å². The predicted molar refractivity (Wildman–Crippen MR) is 125 cm³/mol. The van der Waals surface area contributed by atoms with Crippen LogP contribution in [0.3, 0.4) is 0 Å². The van der Waals surface area contributed by atoms with E-state index in [0.717, 1.165) is 27.6 Å². The van der Waals surface area contributed by atoms with Crippen molar-refractivity contribution in [1.29, 1.82) is 0 Å². The fraction of sp³-hybridized carbons (Fsp3) is 0.231. The third-order valence-electron chi connectivity index (χ3n) is 6.34. The quantitative estimate of drug-likeness (QED) is 0.574. The van der Waals surface area contributed by atoms with Crippen LogP contribution in [-0.4, -0.2) is 41.7 Å². The van der Waals surface area contributed by atoms with Crippen LogP contribution < -0.4 is 15.4 Å². The van der Waals surface area contributed by atoms with Crippen molar-refractivity contribution < 1.29 is 23.9 Å². The van der Waals surface area contributed by atoms with Gasteiger partial charge in [-0.2, -0.15) is 0 Å². The monoisotopic (exact) mass is 457 g/mol. The van der Waals surface area contributed by atoms with Gasteiger partial charge in [0.15, 0.2) is 0 Å². The second kappa shape index (κ2) is 8.62. The molecule has 8 heteroatoms. The minimum atomic E-state index is -0.666. The standard InChI is InChI=1S/C26H23N3O5/c1-34-19-6-8-20-15(12-19)3-2-4-16(20)13-24(31)27-18-5-7-21-17(11-18)14-29(26(21)33)22-9-10-23(30)28-25(22)32/h2-8,11-12,22H,9-10,13-14H2,1H3,(H,27,31)(H,28,30,32). The number of carbonyl (C=O) groups is 4. The van der Waals surface area contributed by atoms with E-state index in [0.29, 0.717) is 17.7 Å². The van der Waals surface area contributed by atoms with Gasteiger partial charge in [0.1, 0.15) is 11.8 Å². The normalized spacial score (nSPS) is 17.5. The first-order valence-electron chi connectivity index (χ1n) is 11.1. The molecular formula is C26H23N3O5. The fourth-order valence-electron chi connectivity index (χ4n) is 4.64. The maximum atomic E-state index is 12.8. The van der Waals surface area contributed by atoms with Gasteiger partial charge in [-0.15, -0.1) is 0 Å². The van der Waals surface area contributed by atoms with E-state index in [1.165, 1.54) is 4.90 Å². The van der Waals surface area contributed by atoms with E-state index in [2.05, 4.69) is 10.6 Å². The van der Waals surface area contributed by atoms with Crippen molar-refractivity contribution in [3.05, 3.63) is 71.3 Å². The fourth-order valence-corrected chi connectivity index (χ4v) is 4.64. The summed E-state index contributed by atoms with van der Waals surface area (Å²) in [6.07, 6.45) is 0.714. The summed E-state index contributed by atoms with van der Waals surface area (Å²) in [5, 5.41) is 7.19. The van der Waals surface area contributed by atoms with Crippen LogP contribution in [0.2, 0.25) is 0 Å². The average Bonchev–Trinajstić information content (AvgIpc) is 3.14. The van der Waals surface area contributed by atoms with Crippen molar-refractivity contribution in [3.63, 3.8) is 0 Å². The number of nitrogens with zero attached hydrogens (tertiary/aromatic N) is 1. The number of amides is 4. The maximum absolute atomic E-state index is 12.8. The second-order valence-electron chi connectivity index (χ2n) is 8.50. The molecule has 1 fully saturated rings. The van der Waals surface area contributed by atoms with Gasteiger partial charge >= 0.3 is 0 Å². The molecule has 3 aromatic rings. The van der Waals surface area contributed by atoms with Crippen LogP contribution in [0.4, 0.5) is 5.69 Å². The molecule has 3 aromatic carbocycles. The summed E-state index contributed by atoms with van der Waals surface area (Å²) in [6.45, 7) is 0.259. The summed E-state index contributed by atoms with van der Waals surface area (Å²) < 4.78 is 5.28. The lowest BCUT2D eigenvalue weighted by molar-refractivity contribution is -0.137. The molecule has 5 rings (SSSR count). The summed E-state index contributed by atoms with van der Waals surface area (Å²) in [7, 11) is 1.62. The molecule has 0 saturated carbocycles. The summed E-state index contributed by atoms with van der Waals surface area (Å²) in [4.78, 5) is 50.8. The molecule has 8 nitrogen and oxygen atoms in total. The molecule has 4 amide bonds. The third-order valence-corrected chi connectivity index (χ3v) is 6.34. The number of benzene rings is 3. The van der Waals surface area contributed by atoms with Gasteiger partial charge in [-0.3, -0.25) is 24.5 Å². The van der Waals surface area contributed by atoms with Gasteiger partial charge in [0.2, 0.25) is 17.7 Å². The maximum Gasteiger partial charge on any atom is 0.255 e. The molecule has 34 heavy (non-hydrogen) atoms. The zero-order valence-corrected chi connectivity index (χ0v) is 18.6. The molecule has 1 atom stereocenters. The van der Waals surface area contributed by atoms with Crippen LogP contribution in [0.15, 0.2) is 54.6 Å². The van der Waals surface area contributed by atoms with Crippen LogP contribution in [0.1, 0.15) is 34.3 Å². The van der Waals surface area contributed by atoms with Crippen LogP contribution in [-0.2, 0) is 27.3 Å². The summed E-state index contributed by atoms with van der Waals surface area (Å²) in [5.41, 5.74) is 2.73. The number of fused-ring (bicyclic) bond motifs is 2. The van der Waals surface area contributed by atoms with Crippen LogP contribution in [0, 0.1) is 0 Å². The molecule has 2 N–H and O–H groups in total. The lowest BCUT2D eigenvalue weighted by Gasteiger charge is -2.29. The highest BCUT2D eigenvalue weighted by atomic mass is 16.5. The molecule has 0 aliphatic carbocycles. The molecule has 2 aliphatic heterocycles. The number of anilines is 1. The Hall–Kier alpha value is -4.20. The number of hydrogen-bond donors (Lipinski definition) is 2. The lowest BCUT2D eigenvalue weighted by atomic mass is 10.0. The van der Waals surface area contributed by atoms with E-state index in [9.17, 15) is 19.2 Å². The molecule has 1 unspecified atom stereocenters. The molecule has 1 saturated heterocycles. The van der Waals surface area contributed by atoms with Crippen molar-refractivity contribution in [3.8, 4) is 5.75 Å². The summed E-state index contributed by atoms with van der Waals surface area (Å²) in [5.74, 6) is -0.421. The van der Waals surface area contributed by atoms with Crippen molar-refractivity contribution >= 4 is 40.1 Å². The Morgan fingerprint density at radius 2 is 1.97 bits per heavy atom. The minimum absolute atomic E-state index is 0.172. The van der Waals surface area contributed by atoms with Gasteiger partial charge in [-0.05, 0) is 58.7 Å². The number of methoxy groups -OCH3 is 1. The SMILES string of the molecule is COc1ccc2c(CC(=O)Nc3ccc4c(c3)CN(C3CCC(=O)NC3=O)C4=O)cccc2c1. The molecular weight excluding hydrogens is 434 g/mol. The van der Waals surface area contributed by atoms with E-state index in [-0.39, 0.29) is 37.1 Å². The Morgan fingerprint density at radius 1 is 1.12 bits per heavy atom. The number of imide groups is 1. The molecule has 0 bridgehead atoms. The van der Waals surface area contributed by atoms with Gasteiger partial charge in [-0.1, -0.05) is 24.3 Å². The summed E-state index contributed by atoms with van der Waals surface area (Å²) >= 11 is 0. The number of rotatable bonds is 5. The number of ether oxygens (including phenoxy) is 1. The number of piperidine rings is 1. The Balaban J connectivity index is 1.30. The van der Waals surface area contributed by atoms with E-state index in [1.807, 2.05) is 36.4 Å². The van der Waals surface area contributed by atoms with Gasteiger partial charge in [-0.25, -0.2) is 0 Å². The van der Waals surface area contributed by atoms with Crippen molar-refractivity contribution in [2.75, 3.05) is 12.4 Å². The smallest absolute Gasteiger partial charge is 0.255 e. The average molecular weight is 457 g/mol. The first kappa shape index (κ1) is 21.6. The highest BCUT2D eigenvalue weighted by Crippen LogP contribution is 2.30. The Labute approximate surface area is 195 Å². The van der Waals surface area contributed by atoms with Gasteiger partial charge in [0.05, 0.1) is 13.5 Å². The number of carbonyl (C=O) groups excluding carboxylic acids is 4. The largest absolute Gasteiger partial charge is 0.497 e. The van der Waals surface area contributed by atoms with Crippen LogP contribution in [0.5, 0.6) is 5.75 Å². The first-order chi connectivity index (χ1) is 16.4. The van der Waals surface area contributed by atoms with E-state index >= 15 is 0 Å². The highest BCUT2D eigenvalue weighted by Gasteiger charge is 2.39. The lowest BCUT2D eigenvalue weighted by Crippen LogP contribution is -2.52. The van der Waals surface area contributed by atoms with Gasteiger partial charge in [0, 0.05) is 24.2 Å². The Bertz CT molecular complexity index is 1350. The van der Waals surface area contributed by atoms with Crippen molar-refractivity contribution in [2.45, 2.75) is 31.8 Å². The minimum Gasteiger partial charge on any atom is -0.497 e. The zero-order valence-electron chi connectivity index (χ0n) is 18.6. The second-order valence-corrected chi connectivity index (χ2v) is 8.50. The van der Waals surface area contributed by atoms with Crippen LogP contribution >= 0.6 is 0 Å². The highest BCUT2D eigenvalue weighted by molar-refractivity contribution is 6.06. The van der Waals surface area contributed by atoms with Gasteiger partial charge in [0.25, 0.3) is 5.91 Å². The third kappa shape index (κ3) is 3.98. The molecule has 2 heterocycles. The molecule has 0 aromatic heterocycles. The number of hydrogen-bond acceptors (Lipinski definition) is 5. The van der Waals surface area contributed by atoms with Crippen molar-refractivity contribution in [2.24, 2.45) is 0 Å². The first-order valence-corrected chi connectivity index (χ1v) is 11.1. The topological polar surface area (TPSA) is 105 Å². The van der Waals surface area contributed by atoms with Gasteiger partial charge < -0.3 is 15.0 Å². The Morgan fingerprint density at radius 3 is 2.76 bits per heavy atom. The predicted octanol–water partition coefficient (Wildman–Crippen LogP) is 2.79. The molecule has 2 aliphatic rings. The Kier molecular flexibility index (Phi) is 5.49. The summed E-state index contributed by atoms with van der Waals surface area (Å²) in [6, 6.07) is 16.0. The molecule has 172 valence electrons. The zero-order chi connectivity index (χ0) is 23.8. The van der Waals surface area contributed by atoms with Crippen molar-refractivity contribution in [1.82, 2.24) is 10.2 Å². The number of nitrogens with one attached hydrogen (secondary N) is 2. The van der Waals surface area contributed by atoms with Crippen LogP contribution in [0.25, 0.3) is 10.8 Å². The van der Waals surface area contributed by atoms with E-state index in [4.69, 9.17) is 4.74 Å². The molecule has 0 radical (unpaired) electrons. The molecule has 0 spiro atoms.